The number of rotatable bonds is 10. The van der Waals surface area contributed by atoms with Crippen molar-refractivity contribution in [3.05, 3.63) is 29.8 Å². The van der Waals surface area contributed by atoms with Crippen LogP contribution in [-0.2, 0) is 0 Å². The molecule has 0 bridgehead atoms. The molecule has 0 aliphatic rings. The Morgan fingerprint density at radius 2 is 1.37 bits per heavy atom. The van der Waals surface area contributed by atoms with Crippen molar-refractivity contribution in [2.24, 2.45) is 0 Å². The van der Waals surface area contributed by atoms with E-state index in [0.29, 0.717) is 0 Å². The zero-order chi connectivity index (χ0) is 13.9. The molecule has 0 aromatic heterocycles. The number of hydrogen-bond acceptors (Lipinski definition) is 1. The summed E-state index contributed by atoms with van der Waals surface area (Å²) in [6, 6.07) is 8.70. The highest BCUT2D eigenvalue weighted by molar-refractivity contribution is 5.29. The van der Waals surface area contributed by atoms with Gasteiger partial charge in [-0.3, -0.25) is 0 Å². The summed E-state index contributed by atoms with van der Waals surface area (Å²) < 4.78 is 5.25. The van der Waals surface area contributed by atoms with Crippen molar-refractivity contribution in [2.75, 3.05) is 7.11 Å². The minimum absolute atomic E-state index is 0.740. The Kier molecular flexibility index (Phi) is 8.36. The highest BCUT2D eigenvalue weighted by atomic mass is 16.5. The molecule has 0 atom stereocenters. The van der Waals surface area contributed by atoms with E-state index < -0.39 is 0 Å². The molecule has 0 aliphatic heterocycles. The van der Waals surface area contributed by atoms with Crippen LogP contribution in [0.1, 0.15) is 76.7 Å². The zero-order valence-electron chi connectivity index (χ0n) is 13.0. The summed E-state index contributed by atoms with van der Waals surface area (Å²) in [4.78, 5) is 0. The molecule has 1 heteroatoms. The van der Waals surface area contributed by atoms with Crippen molar-refractivity contribution in [3.8, 4) is 5.75 Å². The van der Waals surface area contributed by atoms with E-state index in [2.05, 4.69) is 38.1 Å². The molecule has 1 rings (SSSR count). The maximum atomic E-state index is 5.25. The number of unbranched alkanes of at least 4 members (excludes halogenated alkanes) is 4. The number of ether oxygens (including phenoxy) is 1. The molecule has 0 saturated heterocycles. The Balaban J connectivity index is 2.58. The second-order valence-electron chi connectivity index (χ2n) is 5.46. The fraction of sp³-hybridized carbons (Fsp3) is 0.667. The summed E-state index contributed by atoms with van der Waals surface area (Å²) >= 11 is 0. The average Bonchev–Trinajstić information content (AvgIpc) is 2.46. The molecule has 0 aliphatic carbocycles. The lowest BCUT2D eigenvalue weighted by Gasteiger charge is -2.17. The SMILES string of the molecule is CCCCCC(CCCCC)c1ccc(OC)cc1. The smallest absolute Gasteiger partial charge is 0.118 e. The quantitative estimate of drug-likeness (QED) is 0.474. The summed E-state index contributed by atoms with van der Waals surface area (Å²) in [7, 11) is 1.73. The summed E-state index contributed by atoms with van der Waals surface area (Å²) in [6.45, 7) is 4.55. The Morgan fingerprint density at radius 1 is 0.842 bits per heavy atom. The second-order valence-corrected chi connectivity index (χ2v) is 5.46. The van der Waals surface area contributed by atoms with E-state index in [-0.39, 0.29) is 0 Å². The molecule has 108 valence electrons. The van der Waals surface area contributed by atoms with Crippen LogP contribution in [0.15, 0.2) is 24.3 Å². The van der Waals surface area contributed by atoms with Crippen LogP contribution < -0.4 is 4.74 Å². The van der Waals surface area contributed by atoms with Gasteiger partial charge in [-0.05, 0) is 36.5 Å². The molecule has 0 radical (unpaired) electrons. The fourth-order valence-electron chi connectivity index (χ4n) is 2.64. The lowest BCUT2D eigenvalue weighted by Crippen LogP contribution is -2.00. The lowest BCUT2D eigenvalue weighted by atomic mass is 9.88. The first-order valence-electron chi connectivity index (χ1n) is 7.95. The Hall–Kier alpha value is -0.980. The van der Waals surface area contributed by atoms with Crippen molar-refractivity contribution in [1.29, 1.82) is 0 Å². The largest absolute Gasteiger partial charge is 0.497 e. The molecule has 0 saturated carbocycles. The van der Waals surface area contributed by atoms with Crippen molar-refractivity contribution < 1.29 is 4.74 Å². The maximum absolute atomic E-state index is 5.25. The van der Waals surface area contributed by atoms with E-state index >= 15 is 0 Å². The molecular formula is C18H30O. The van der Waals surface area contributed by atoms with Gasteiger partial charge in [0.25, 0.3) is 0 Å². The van der Waals surface area contributed by atoms with Gasteiger partial charge in [0.05, 0.1) is 7.11 Å². The predicted octanol–water partition coefficient (Wildman–Crippen LogP) is 5.94. The van der Waals surface area contributed by atoms with Crippen molar-refractivity contribution in [3.63, 3.8) is 0 Å². The van der Waals surface area contributed by atoms with Crippen LogP contribution in [-0.4, -0.2) is 7.11 Å². The van der Waals surface area contributed by atoms with Gasteiger partial charge >= 0.3 is 0 Å². The summed E-state index contributed by atoms with van der Waals surface area (Å²) in [6.07, 6.45) is 10.7. The Bertz CT molecular complexity index is 305. The monoisotopic (exact) mass is 262 g/mol. The molecule has 0 amide bonds. The molecule has 0 N–H and O–H groups in total. The fourth-order valence-corrected chi connectivity index (χ4v) is 2.64. The third-order valence-electron chi connectivity index (χ3n) is 3.90. The minimum atomic E-state index is 0.740. The van der Waals surface area contributed by atoms with Crippen molar-refractivity contribution >= 4 is 0 Å². The van der Waals surface area contributed by atoms with Crippen LogP contribution >= 0.6 is 0 Å². The van der Waals surface area contributed by atoms with Crippen molar-refractivity contribution in [1.82, 2.24) is 0 Å². The van der Waals surface area contributed by atoms with E-state index in [4.69, 9.17) is 4.74 Å². The second kappa shape index (κ2) is 9.89. The maximum Gasteiger partial charge on any atom is 0.118 e. The molecule has 0 heterocycles. The first-order chi connectivity index (χ1) is 9.31. The standard InChI is InChI=1S/C18H30O/c1-4-6-8-10-16(11-9-7-5-2)17-12-14-18(19-3)15-13-17/h12-16H,4-11H2,1-3H3. The van der Waals surface area contributed by atoms with Crippen molar-refractivity contribution in [2.45, 2.75) is 71.1 Å². The summed E-state index contributed by atoms with van der Waals surface area (Å²) in [5, 5.41) is 0. The summed E-state index contributed by atoms with van der Waals surface area (Å²) in [5.74, 6) is 1.70. The third kappa shape index (κ3) is 6.13. The predicted molar refractivity (Wildman–Crippen MR) is 84.0 cm³/mol. The van der Waals surface area contributed by atoms with Crippen LogP contribution in [0, 0.1) is 0 Å². The number of hydrogen-bond donors (Lipinski definition) is 0. The van der Waals surface area contributed by atoms with Crippen LogP contribution in [0.4, 0.5) is 0 Å². The van der Waals surface area contributed by atoms with Crippen LogP contribution in [0.25, 0.3) is 0 Å². The minimum Gasteiger partial charge on any atom is -0.497 e. The number of methoxy groups -OCH3 is 1. The third-order valence-corrected chi connectivity index (χ3v) is 3.90. The zero-order valence-corrected chi connectivity index (χ0v) is 13.0. The van der Waals surface area contributed by atoms with Gasteiger partial charge in [-0.2, -0.15) is 0 Å². The van der Waals surface area contributed by atoms with Gasteiger partial charge in [0.1, 0.15) is 5.75 Å². The first kappa shape index (κ1) is 16.1. The molecule has 0 spiro atoms. The average molecular weight is 262 g/mol. The molecule has 0 unspecified atom stereocenters. The molecule has 0 fully saturated rings. The lowest BCUT2D eigenvalue weighted by molar-refractivity contribution is 0.414. The van der Waals surface area contributed by atoms with Crippen LogP contribution in [0.5, 0.6) is 5.75 Å². The van der Waals surface area contributed by atoms with Crippen LogP contribution in [0.3, 0.4) is 0 Å². The Labute approximate surface area is 119 Å². The summed E-state index contributed by atoms with van der Waals surface area (Å²) in [5.41, 5.74) is 1.49. The Morgan fingerprint density at radius 3 is 1.79 bits per heavy atom. The molecule has 1 aromatic rings. The van der Waals surface area contributed by atoms with Gasteiger partial charge in [-0.1, -0.05) is 64.5 Å². The van der Waals surface area contributed by atoms with E-state index in [1.807, 2.05) is 0 Å². The van der Waals surface area contributed by atoms with Gasteiger partial charge in [-0.15, -0.1) is 0 Å². The van der Waals surface area contributed by atoms with E-state index in [9.17, 15) is 0 Å². The van der Waals surface area contributed by atoms with E-state index in [0.717, 1.165) is 11.7 Å². The highest BCUT2D eigenvalue weighted by Crippen LogP contribution is 2.29. The first-order valence-corrected chi connectivity index (χ1v) is 7.95. The molecule has 1 nitrogen and oxygen atoms in total. The topological polar surface area (TPSA) is 9.23 Å². The highest BCUT2D eigenvalue weighted by Gasteiger charge is 2.11. The normalized spacial score (nSPS) is 10.9. The molecule has 19 heavy (non-hydrogen) atoms. The van der Waals surface area contributed by atoms with Gasteiger partial charge in [0, 0.05) is 0 Å². The van der Waals surface area contributed by atoms with Gasteiger partial charge in [-0.25, -0.2) is 0 Å². The number of benzene rings is 1. The van der Waals surface area contributed by atoms with E-state index in [1.165, 1.54) is 56.9 Å². The van der Waals surface area contributed by atoms with Gasteiger partial charge < -0.3 is 4.74 Å². The van der Waals surface area contributed by atoms with Gasteiger partial charge in [0.2, 0.25) is 0 Å². The van der Waals surface area contributed by atoms with Crippen LogP contribution in [0.2, 0.25) is 0 Å². The van der Waals surface area contributed by atoms with E-state index in [1.54, 1.807) is 7.11 Å². The molecular weight excluding hydrogens is 232 g/mol. The van der Waals surface area contributed by atoms with Gasteiger partial charge in [0.15, 0.2) is 0 Å². The molecule has 1 aromatic carbocycles.